The maximum absolute atomic E-state index is 14.1. The SMILES string of the molecule is COc1ccc(S(=O)(=O)N(CC(=O)N(Cc2ccc(C)cc2)[C@@H](C)C(=O)NC2CCCCC2)c2cccc(Cl)c2)cc1. The first-order chi connectivity index (χ1) is 20.1. The van der Waals surface area contributed by atoms with Crippen LogP contribution in [-0.4, -0.2) is 50.9 Å². The first kappa shape index (κ1) is 31.4. The fraction of sp³-hybridized carbons (Fsp3) is 0.375. The van der Waals surface area contributed by atoms with Crippen LogP contribution in [0.5, 0.6) is 5.75 Å². The number of benzene rings is 3. The van der Waals surface area contributed by atoms with Gasteiger partial charge in [-0.25, -0.2) is 8.42 Å². The van der Waals surface area contributed by atoms with Crippen LogP contribution in [0.15, 0.2) is 77.7 Å². The first-order valence-electron chi connectivity index (χ1n) is 14.2. The number of sulfonamides is 1. The molecular weight excluding hydrogens is 574 g/mol. The third-order valence-corrected chi connectivity index (χ3v) is 9.64. The molecule has 3 aromatic carbocycles. The standard InChI is InChI=1S/C32H38ClN3O5S/c1-23-12-14-25(15-13-23)21-35(24(2)32(38)34-27-9-5-4-6-10-27)31(37)22-36(28-11-7-8-26(33)20-28)42(39,40)30-18-16-29(41-3)17-19-30/h7-8,11-20,24,27H,4-6,9-10,21-22H2,1-3H3,(H,34,38)/t24-/m0/s1. The Morgan fingerprint density at radius 3 is 2.29 bits per heavy atom. The number of carbonyl (C=O) groups excluding carboxylic acids is 2. The number of rotatable bonds is 11. The Bertz CT molecular complexity index is 1470. The minimum atomic E-state index is -4.20. The van der Waals surface area contributed by atoms with Crippen molar-refractivity contribution < 1.29 is 22.7 Å². The Kier molecular flexibility index (Phi) is 10.5. The molecule has 0 spiro atoms. The molecule has 4 rings (SSSR count). The van der Waals surface area contributed by atoms with E-state index in [1.807, 2.05) is 31.2 Å². The highest BCUT2D eigenvalue weighted by Gasteiger charge is 2.33. The zero-order valence-electron chi connectivity index (χ0n) is 24.3. The van der Waals surface area contributed by atoms with E-state index in [4.69, 9.17) is 16.3 Å². The summed E-state index contributed by atoms with van der Waals surface area (Å²) in [6.07, 6.45) is 5.09. The van der Waals surface area contributed by atoms with Gasteiger partial charge in [-0.15, -0.1) is 0 Å². The van der Waals surface area contributed by atoms with Crippen molar-refractivity contribution in [2.75, 3.05) is 18.0 Å². The number of nitrogens with zero attached hydrogens (tertiary/aromatic N) is 2. The minimum Gasteiger partial charge on any atom is -0.497 e. The van der Waals surface area contributed by atoms with Crippen LogP contribution in [0.2, 0.25) is 5.02 Å². The summed E-state index contributed by atoms with van der Waals surface area (Å²) >= 11 is 6.24. The summed E-state index contributed by atoms with van der Waals surface area (Å²) in [5.41, 5.74) is 2.14. The van der Waals surface area contributed by atoms with E-state index in [2.05, 4.69) is 5.32 Å². The molecule has 1 aliphatic carbocycles. The molecule has 0 heterocycles. The van der Waals surface area contributed by atoms with Crippen molar-refractivity contribution >= 4 is 39.1 Å². The molecule has 0 bridgehead atoms. The van der Waals surface area contributed by atoms with Gasteiger partial charge in [0, 0.05) is 17.6 Å². The molecule has 0 aromatic heterocycles. The van der Waals surface area contributed by atoms with Gasteiger partial charge in [0.05, 0.1) is 17.7 Å². The maximum atomic E-state index is 14.1. The average Bonchev–Trinajstić information content (AvgIpc) is 2.99. The third kappa shape index (κ3) is 7.83. The lowest BCUT2D eigenvalue weighted by Gasteiger charge is -2.33. The molecule has 0 unspecified atom stereocenters. The fourth-order valence-corrected chi connectivity index (χ4v) is 6.67. The van der Waals surface area contributed by atoms with Gasteiger partial charge in [0.15, 0.2) is 0 Å². The molecule has 3 aromatic rings. The lowest BCUT2D eigenvalue weighted by atomic mass is 9.95. The molecule has 2 amide bonds. The quantitative estimate of drug-likeness (QED) is 0.299. The molecule has 0 saturated heterocycles. The number of methoxy groups -OCH3 is 1. The van der Waals surface area contributed by atoms with Gasteiger partial charge in [-0.05, 0) is 74.7 Å². The van der Waals surface area contributed by atoms with Crippen LogP contribution in [0.4, 0.5) is 5.69 Å². The van der Waals surface area contributed by atoms with Gasteiger partial charge >= 0.3 is 0 Å². The van der Waals surface area contributed by atoms with E-state index < -0.39 is 28.5 Å². The Balaban J connectivity index is 1.67. The zero-order chi connectivity index (χ0) is 30.3. The van der Waals surface area contributed by atoms with E-state index in [1.165, 1.54) is 30.2 Å². The van der Waals surface area contributed by atoms with Gasteiger partial charge < -0.3 is 15.0 Å². The van der Waals surface area contributed by atoms with Crippen molar-refractivity contribution in [3.05, 3.63) is 88.9 Å². The number of anilines is 1. The van der Waals surface area contributed by atoms with Crippen LogP contribution >= 0.6 is 11.6 Å². The largest absolute Gasteiger partial charge is 0.497 e. The molecule has 0 radical (unpaired) electrons. The second kappa shape index (κ2) is 14.1. The number of ether oxygens (including phenoxy) is 1. The number of hydrogen-bond acceptors (Lipinski definition) is 5. The summed E-state index contributed by atoms with van der Waals surface area (Å²) < 4.78 is 34.1. The number of halogens is 1. The van der Waals surface area contributed by atoms with Gasteiger partial charge in [-0.3, -0.25) is 13.9 Å². The zero-order valence-corrected chi connectivity index (χ0v) is 25.8. The second-order valence-electron chi connectivity index (χ2n) is 10.7. The Morgan fingerprint density at radius 1 is 1.00 bits per heavy atom. The Morgan fingerprint density at radius 2 is 1.67 bits per heavy atom. The van der Waals surface area contributed by atoms with Crippen LogP contribution in [0.3, 0.4) is 0 Å². The van der Waals surface area contributed by atoms with Crippen LogP contribution in [0, 0.1) is 6.92 Å². The van der Waals surface area contributed by atoms with Crippen LogP contribution < -0.4 is 14.4 Å². The van der Waals surface area contributed by atoms with E-state index in [1.54, 1.807) is 37.3 Å². The van der Waals surface area contributed by atoms with Gasteiger partial charge in [0.1, 0.15) is 18.3 Å². The summed E-state index contributed by atoms with van der Waals surface area (Å²) in [5, 5.41) is 3.44. The fourth-order valence-electron chi connectivity index (χ4n) is 5.08. The third-order valence-electron chi connectivity index (χ3n) is 7.61. The lowest BCUT2D eigenvalue weighted by Crippen LogP contribution is -2.53. The molecule has 0 aliphatic heterocycles. The lowest BCUT2D eigenvalue weighted by molar-refractivity contribution is -0.139. The van der Waals surface area contributed by atoms with E-state index in [0.29, 0.717) is 10.8 Å². The second-order valence-corrected chi connectivity index (χ2v) is 13.0. The van der Waals surface area contributed by atoms with Crippen molar-refractivity contribution in [3.8, 4) is 5.75 Å². The number of amides is 2. The van der Waals surface area contributed by atoms with Gasteiger partial charge in [0.25, 0.3) is 10.0 Å². The topological polar surface area (TPSA) is 96.0 Å². The van der Waals surface area contributed by atoms with E-state index in [9.17, 15) is 18.0 Å². The van der Waals surface area contributed by atoms with E-state index in [0.717, 1.165) is 47.5 Å². The highest BCUT2D eigenvalue weighted by molar-refractivity contribution is 7.92. The molecule has 1 aliphatic rings. The highest BCUT2D eigenvalue weighted by Crippen LogP contribution is 2.28. The molecular formula is C32H38ClN3O5S. The first-order valence-corrected chi connectivity index (χ1v) is 16.0. The van der Waals surface area contributed by atoms with Gasteiger partial charge in [0.2, 0.25) is 11.8 Å². The van der Waals surface area contributed by atoms with Crippen molar-refractivity contribution in [2.24, 2.45) is 0 Å². The van der Waals surface area contributed by atoms with Crippen LogP contribution in [0.25, 0.3) is 0 Å². The normalized spacial score (nSPS) is 14.6. The predicted molar refractivity (Wildman–Crippen MR) is 165 cm³/mol. The number of nitrogens with one attached hydrogen (secondary N) is 1. The monoisotopic (exact) mass is 611 g/mol. The molecule has 1 N–H and O–H groups in total. The van der Waals surface area contributed by atoms with Crippen molar-refractivity contribution in [3.63, 3.8) is 0 Å². The van der Waals surface area contributed by atoms with Crippen LogP contribution in [0.1, 0.15) is 50.2 Å². The van der Waals surface area contributed by atoms with Crippen molar-refractivity contribution in [2.45, 2.75) is 69.5 Å². The van der Waals surface area contributed by atoms with Crippen molar-refractivity contribution in [1.82, 2.24) is 10.2 Å². The highest BCUT2D eigenvalue weighted by atomic mass is 35.5. The Labute approximate surface area is 253 Å². The molecule has 224 valence electrons. The summed E-state index contributed by atoms with van der Waals surface area (Å²) in [4.78, 5) is 28.9. The predicted octanol–water partition coefficient (Wildman–Crippen LogP) is 5.72. The summed E-state index contributed by atoms with van der Waals surface area (Å²) in [6.45, 7) is 3.28. The van der Waals surface area contributed by atoms with Crippen LogP contribution in [-0.2, 0) is 26.2 Å². The molecule has 1 saturated carbocycles. The summed E-state index contributed by atoms with van der Waals surface area (Å²) in [5.74, 6) is -0.269. The Hall–Kier alpha value is -3.56. The summed E-state index contributed by atoms with van der Waals surface area (Å²) in [7, 11) is -2.71. The molecule has 8 nitrogen and oxygen atoms in total. The maximum Gasteiger partial charge on any atom is 0.264 e. The number of hydrogen-bond donors (Lipinski definition) is 1. The molecule has 1 fully saturated rings. The van der Waals surface area contributed by atoms with Gasteiger partial charge in [-0.2, -0.15) is 0 Å². The van der Waals surface area contributed by atoms with E-state index in [-0.39, 0.29) is 29.1 Å². The average molecular weight is 612 g/mol. The molecule has 42 heavy (non-hydrogen) atoms. The number of aryl methyl sites for hydroxylation is 1. The van der Waals surface area contributed by atoms with E-state index >= 15 is 0 Å². The smallest absolute Gasteiger partial charge is 0.264 e. The molecule has 1 atom stereocenters. The molecule has 10 heteroatoms. The van der Waals surface area contributed by atoms with Crippen molar-refractivity contribution in [1.29, 1.82) is 0 Å². The minimum absolute atomic E-state index is 0.00995. The van der Waals surface area contributed by atoms with Gasteiger partial charge in [-0.1, -0.05) is 66.8 Å². The number of carbonyl (C=O) groups is 2. The summed E-state index contributed by atoms with van der Waals surface area (Å²) in [6, 6.07) is 19.2.